The molecule has 1 atom stereocenters. The number of carbonyl (C=O) groups is 2. The van der Waals surface area contributed by atoms with Gasteiger partial charge < -0.3 is 10.2 Å². The Morgan fingerprint density at radius 3 is 2.17 bits per heavy atom. The second-order valence-corrected chi connectivity index (χ2v) is 8.66. The molecule has 0 heterocycles. The van der Waals surface area contributed by atoms with Gasteiger partial charge in [-0.3, -0.25) is 9.59 Å². The van der Waals surface area contributed by atoms with E-state index < -0.39 is 6.04 Å². The minimum absolute atomic E-state index is 0.157. The summed E-state index contributed by atoms with van der Waals surface area (Å²) in [5.41, 5.74) is 1.55. The molecule has 0 saturated carbocycles. The van der Waals surface area contributed by atoms with E-state index in [4.69, 9.17) is 34.8 Å². The molecule has 0 fully saturated rings. The van der Waals surface area contributed by atoms with E-state index in [-0.39, 0.29) is 24.8 Å². The van der Waals surface area contributed by atoms with Gasteiger partial charge in [-0.2, -0.15) is 0 Å². The number of hydrogen-bond acceptors (Lipinski definition) is 2. The fourth-order valence-electron chi connectivity index (χ4n) is 2.75. The fraction of sp³-hybridized carbons (Fsp3) is 0.364. The molecule has 2 aromatic carbocycles. The second-order valence-electron chi connectivity index (χ2n) is 7.38. The lowest BCUT2D eigenvalue weighted by Crippen LogP contribution is -2.48. The first-order chi connectivity index (χ1) is 13.7. The molecule has 0 aromatic heterocycles. The predicted octanol–water partition coefficient (Wildman–Crippen LogP) is 5.38. The molecule has 0 aliphatic rings. The monoisotopic (exact) mass is 454 g/mol. The van der Waals surface area contributed by atoms with Gasteiger partial charge in [0.2, 0.25) is 11.8 Å². The topological polar surface area (TPSA) is 49.4 Å². The van der Waals surface area contributed by atoms with Crippen molar-refractivity contribution in [2.45, 2.75) is 39.8 Å². The van der Waals surface area contributed by atoms with Crippen LogP contribution in [-0.2, 0) is 22.6 Å². The van der Waals surface area contributed by atoms with Gasteiger partial charge in [-0.25, -0.2) is 0 Å². The highest BCUT2D eigenvalue weighted by Crippen LogP contribution is 2.23. The quantitative estimate of drug-likeness (QED) is 0.581. The zero-order valence-electron chi connectivity index (χ0n) is 16.7. The summed E-state index contributed by atoms with van der Waals surface area (Å²) in [4.78, 5) is 27.3. The van der Waals surface area contributed by atoms with Gasteiger partial charge >= 0.3 is 0 Å². The largest absolute Gasteiger partial charge is 0.354 e. The highest BCUT2D eigenvalue weighted by Gasteiger charge is 2.26. The van der Waals surface area contributed by atoms with Gasteiger partial charge in [0.15, 0.2) is 0 Å². The van der Waals surface area contributed by atoms with Gasteiger partial charge in [0.1, 0.15) is 6.04 Å². The van der Waals surface area contributed by atoms with Gasteiger partial charge in [0.25, 0.3) is 0 Å². The van der Waals surface area contributed by atoms with E-state index in [0.29, 0.717) is 27.5 Å². The van der Waals surface area contributed by atoms with Crippen LogP contribution in [0.3, 0.4) is 0 Å². The number of nitrogens with one attached hydrogen (secondary N) is 1. The molecule has 2 rings (SSSR count). The molecule has 156 valence electrons. The molecule has 0 saturated heterocycles. The van der Waals surface area contributed by atoms with Crippen molar-refractivity contribution in [1.29, 1.82) is 0 Å². The van der Waals surface area contributed by atoms with E-state index in [2.05, 4.69) is 5.32 Å². The molecule has 7 heteroatoms. The lowest BCUT2D eigenvalue weighted by atomic mass is 10.1. The van der Waals surface area contributed by atoms with Crippen LogP contribution in [0.25, 0.3) is 0 Å². The van der Waals surface area contributed by atoms with Crippen LogP contribution >= 0.6 is 34.8 Å². The van der Waals surface area contributed by atoms with Crippen LogP contribution in [0.15, 0.2) is 42.5 Å². The third kappa shape index (κ3) is 7.22. The number of carbonyl (C=O) groups excluding carboxylic acids is 2. The number of amides is 2. The molecular weight excluding hydrogens is 431 g/mol. The van der Waals surface area contributed by atoms with Crippen LogP contribution in [0.2, 0.25) is 15.1 Å². The SMILES string of the molecule is CC(C)CNC(=O)[C@H](C)N(Cc1ccc(Cl)cc1Cl)C(=O)Cc1ccc(Cl)cc1. The van der Waals surface area contributed by atoms with Gasteiger partial charge in [0.05, 0.1) is 6.42 Å². The third-order valence-corrected chi connectivity index (χ3v) is 5.32. The highest BCUT2D eigenvalue weighted by molar-refractivity contribution is 6.35. The molecule has 0 radical (unpaired) electrons. The van der Waals surface area contributed by atoms with E-state index in [1.807, 2.05) is 13.8 Å². The molecule has 1 N–H and O–H groups in total. The highest BCUT2D eigenvalue weighted by atomic mass is 35.5. The van der Waals surface area contributed by atoms with Crippen molar-refractivity contribution in [3.8, 4) is 0 Å². The van der Waals surface area contributed by atoms with E-state index >= 15 is 0 Å². The summed E-state index contributed by atoms with van der Waals surface area (Å²) in [6.45, 7) is 6.51. The first-order valence-corrected chi connectivity index (χ1v) is 10.6. The van der Waals surface area contributed by atoms with Crippen molar-refractivity contribution >= 4 is 46.6 Å². The van der Waals surface area contributed by atoms with Gasteiger partial charge in [-0.1, -0.05) is 66.8 Å². The second kappa shape index (κ2) is 10.9. The molecule has 2 amide bonds. The van der Waals surface area contributed by atoms with Crippen LogP contribution in [-0.4, -0.2) is 29.3 Å². The summed E-state index contributed by atoms with van der Waals surface area (Å²) in [6.07, 6.45) is 0.157. The number of benzene rings is 2. The summed E-state index contributed by atoms with van der Waals surface area (Å²) >= 11 is 18.2. The molecule has 0 bridgehead atoms. The van der Waals surface area contributed by atoms with Crippen LogP contribution in [0.5, 0.6) is 0 Å². The third-order valence-electron chi connectivity index (χ3n) is 4.48. The Bertz CT molecular complexity index is 854. The van der Waals surface area contributed by atoms with E-state index in [1.165, 1.54) is 0 Å². The molecule has 29 heavy (non-hydrogen) atoms. The Kier molecular flexibility index (Phi) is 8.81. The van der Waals surface area contributed by atoms with Crippen molar-refractivity contribution in [1.82, 2.24) is 10.2 Å². The maximum Gasteiger partial charge on any atom is 0.242 e. The standard InChI is InChI=1S/C22H25Cl3N2O2/c1-14(2)12-26-22(29)15(3)27(13-17-6-9-19(24)11-20(17)25)21(28)10-16-4-7-18(23)8-5-16/h4-9,11,14-15H,10,12-13H2,1-3H3,(H,26,29)/t15-/m0/s1. The molecule has 4 nitrogen and oxygen atoms in total. The van der Waals surface area contributed by atoms with Gasteiger partial charge in [-0.15, -0.1) is 0 Å². The Hall–Kier alpha value is -1.75. The van der Waals surface area contributed by atoms with E-state index in [1.54, 1.807) is 54.3 Å². The van der Waals surface area contributed by atoms with Crippen molar-refractivity contribution in [2.24, 2.45) is 5.92 Å². The summed E-state index contributed by atoms with van der Waals surface area (Å²) in [6, 6.07) is 11.5. The van der Waals surface area contributed by atoms with Crippen molar-refractivity contribution in [3.05, 3.63) is 68.7 Å². The average molecular weight is 456 g/mol. The Morgan fingerprint density at radius 2 is 1.59 bits per heavy atom. The lowest BCUT2D eigenvalue weighted by molar-refractivity contribution is -0.140. The summed E-state index contributed by atoms with van der Waals surface area (Å²) < 4.78 is 0. The summed E-state index contributed by atoms with van der Waals surface area (Å²) in [7, 11) is 0. The Labute approximate surface area is 187 Å². The zero-order valence-corrected chi connectivity index (χ0v) is 19.0. The molecule has 0 aliphatic heterocycles. The summed E-state index contributed by atoms with van der Waals surface area (Å²) in [5.74, 6) is -0.0612. The minimum atomic E-state index is -0.653. The van der Waals surface area contributed by atoms with Gasteiger partial charge in [-0.05, 0) is 48.2 Å². The van der Waals surface area contributed by atoms with E-state index in [0.717, 1.165) is 11.1 Å². The normalized spacial score (nSPS) is 12.0. The average Bonchev–Trinajstić information content (AvgIpc) is 2.66. The maximum atomic E-state index is 13.1. The van der Waals surface area contributed by atoms with Crippen LogP contribution in [0, 0.1) is 5.92 Å². The minimum Gasteiger partial charge on any atom is -0.354 e. The molecule has 0 aliphatic carbocycles. The van der Waals surface area contributed by atoms with Crippen LogP contribution in [0.4, 0.5) is 0 Å². The van der Waals surface area contributed by atoms with Crippen molar-refractivity contribution in [3.63, 3.8) is 0 Å². The van der Waals surface area contributed by atoms with Crippen LogP contribution in [0.1, 0.15) is 31.9 Å². The van der Waals surface area contributed by atoms with E-state index in [9.17, 15) is 9.59 Å². The first-order valence-electron chi connectivity index (χ1n) is 9.43. The Balaban J connectivity index is 2.24. The number of hydrogen-bond donors (Lipinski definition) is 1. The first kappa shape index (κ1) is 23.5. The number of halogens is 3. The lowest BCUT2D eigenvalue weighted by Gasteiger charge is -2.29. The maximum absolute atomic E-state index is 13.1. The van der Waals surface area contributed by atoms with Crippen molar-refractivity contribution in [2.75, 3.05) is 6.54 Å². The molecule has 0 unspecified atom stereocenters. The predicted molar refractivity (Wildman–Crippen MR) is 119 cm³/mol. The summed E-state index contributed by atoms with van der Waals surface area (Å²) in [5, 5.41) is 4.47. The van der Waals surface area contributed by atoms with Crippen molar-refractivity contribution < 1.29 is 9.59 Å². The molecule has 2 aromatic rings. The van der Waals surface area contributed by atoms with Gasteiger partial charge in [0, 0.05) is 28.2 Å². The Morgan fingerprint density at radius 1 is 0.966 bits per heavy atom. The molecular formula is C22H25Cl3N2O2. The molecule has 0 spiro atoms. The number of nitrogens with zero attached hydrogens (tertiary/aromatic N) is 1. The zero-order chi connectivity index (χ0) is 21.6. The van der Waals surface area contributed by atoms with Crippen LogP contribution < -0.4 is 5.32 Å². The number of rotatable bonds is 8. The fourth-order valence-corrected chi connectivity index (χ4v) is 3.34. The smallest absolute Gasteiger partial charge is 0.242 e.